The van der Waals surface area contributed by atoms with E-state index in [4.69, 9.17) is 16.8 Å². The minimum atomic E-state index is -0.530. The lowest BCUT2D eigenvalue weighted by molar-refractivity contribution is 0.0526. The molecule has 0 bridgehead atoms. The van der Waals surface area contributed by atoms with Crippen LogP contribution in [0.25, 0.3) is 0 Å². The summed E-state index contributed by atoms with van der Waals surface area (Å²) in [5.74, 6) is -0.530. The predicted molar refractivity (Wildman–Crippen MR) is 112 cm³/mol. The molecular weight excluding hydrogens is 392 g/mol. The van der Waals surface area contributed by atoms with Gasteiger partial charge in [-0.2, -0.15) is 0 Å². The highest BCUT2D eigenvalue weighted by molar-refractivity contribution is 6.30. The Balaban J connectivity index is 1.60. The molecule has 2 atom stereocenters. The van der Waals surface area contributed by atoms with Gasteiger partial charge in [-0.1, -0.05) is 29.8 Å². The molecule has 3 rings (SSSR count). The Morgan fingerprint density at radius 3 is 2.34 bits per heavy atom. The molecule has 2 aromatic carbocycles. The summed E-state index contributed by atoms with van der Waals surface area (Å²) in [6.45, 7) is 6.14. The van der Waals surface area contributed by atoms with E-state index in [2.05, 4.69) is 24.1 Å². The molecule has 3 amide bonds. The number of hydrogen-bond donors (Lipinski definition) is 3. The molecule has 29 heavy (non-hydrogen) atoms. The van der Waals surface area contributed by atoms with Crippen molar-refractivity contribution in [2.24, 2.45) is 0 Å². The third-order valence-electron chi connectivity index (χ3n) is 5.15. The van der Waals surface area contributed by atoms with Gasteiger partial charge in [-0.05, 0) is 49.7 Å². The summed E-state index contributed by atoms with van der Waals surface area (Å²) < 4.78 is 0. The quantitative estimate of drug-likeness (QED) is 0.525. The van der Waals surface area contributed by atoms with Crippen molar-refractivity contribution in [3.8, 4) is 0 Å². The van der Waals surface area contributed by atoms with Crippen molar-refractivity contribution in [1.29, 1.82) is 0 Å². The van der Waals surface area contributed by atoms with Crippen LogP contribution in [0, 0.1) is 0 Å². The van der Waals surface area contributed by atoms with Crippen molar-refractivity contribution in [2.45, 2.75) is 32.5 Å². The van der Waals surface area contributed by atoms with E-state index in [9.17, 15) is 9.59 Å². The molecule has 0 aliphatic carbocycles. The average Bonchev–Trinajstić information content (AvgIpc) is 2.70. The largest absolute Gasteiger partial charge is 0.321 e. The number of amides is 3. The van der Waals surface area contributed by atoms with Crippen LogP contribution < -0.4 is 10.8 Å². The van der Waals surface area contributed by atoms with Gasteiger partial charge in [-0.25, -0.2) is 10.3 Å². The zero-order chi connectivity index (χ0) is 21.0. The maximum atomic E-state index is 12.7. The number of carbonyl (C=O) groups excluding carboxylic acids is 2. The number of anilines is 1. The topological polar surface area (TPSA) is 84.9 Å². The predicted octanol–water partition coefficient (Wildman–Crippen LogP) is 3.59. The normalized spacial score (nSPS) is 19.7. The Bertz CT molecular complexity index is 862. The van der Waals surface area contributed by atoms with Crippen LogP contribution >= 0.6 is 11.6 Å². The third kappa shape index (κ3) is 5.26. The van der Waals surface area contributed by atoms with Crippen molar-refractivity contribution >= 4 is 29.2 Å². The van der Waals surface area contributed by atoms with Gasteiger partial charge in [0.25, 0.3) is 5.91 Å². The monoisotopic (exact) mass is 416 g/mol. The zero-order valence-corrected chi connectivity index (χ0v) is 17.2. The number of hydroxylamine groups is 1. The molecule has 0 radical (unpaired) electrons. The van der Waals surface area contributed by atoms with E-state index < -0.39 is 5.91 Å². The van der Waals surface area contributed by atoms with Gasteiger partial charge >= 0.3 is 6.03 Å². The van der Waals surface area contributed by atoms with Gasteiger partial charge in [-0.15, -0.1) is 0 Å². The van der Waals surface area contributed by atoms with Crippen LogP contribution in [0.2, 0.25) is 5.02 Å². The number of halogens is 1. The van der Waals surface area contributed by atoms with Gasteiger partial charge in [0.1, 0.15) is 0 Å². The fourth-order valence-electron chi connectivity index (χ4n) is 3.64. The molecule has 0 spiro atoms. The lowest BCUT2D eigenvalue weighted by Gasteiger charge is -2.44. The Kier molecular flexibility index (Phi) is 6.74. The van der Waals surface area contributed by atoms with E-state index in [0.717, 1.165) is 5.56 Å². The van der Waals surface area contributed by atoms with Crippen LogP contribution in [0.3, 0.4) is 0 Å². The van der Waals surface area contributed by atoms with Gasteiger partial charge < -0.3 is 10.2 Å². The van der Waals surface area contributed by atoms with Crippen molar-refractivity contribution in [1.82, 2.24) is 15.3 Å². The molecule has 7 nitrogen and oxygen atoms in total. The number of nitrogens with zero attached hydrogens (tertiary/aromatic N) is 2. The molecule has 2 aromatic rings. The van der Waals surface area contributed by atoms with Crippen molar-refractivity contribution in [3.05, 3.63) is 64.7 Å². The molecule has 1 fully saturated rings. The van der Waals surface area contributed by atoms with Gasteiger partial charge in [0, 0.05) is 48.0 Å². The minimum absolute atomic E-state index is 0.134. The SMILES string of the molecule is CC1CN(C(=O)Nc2cccc(Cl)c2)CC(C)N1Cc1ccc(C(=O)NO)cc1. The van der Waals surface area contributed by atoms with Crippen LogP contribution in [0.15, 0.2) is 48.5 Å². The number of urea groups is 1. The van der Waals surface area contributed by atoms with Crippen LogP contribution in [0.1, 0.15) is 29.8 Å². The summed E-state index contributed by atoms with van der Waals surface area (Å²) in [7, 11) is 0. The fourth-order valence-corrected chi connectivity index (χ4v) is 3.83. The van der Waals surface area contributed by atoms with Crippen molar-refractivity contribution in [3.63, 3.8) is 0 Å². The first-order valence-electron chi connectivity index (χ1n) is 9.48. The second-order valence-corrected chi connectivity index (χ2v) is 7.79. The number of hydrogen-bond acceptors (Lipinski definition) is 4. The Morgan fingerprint density at radius 2 is 1.76 bits per heavy atom. The average molecular weight is 417 g/mol. The molecule has 1 aliphatic rings. The van der Waals surface area contributed by atoms with Gasteiger partial charge in [0.2, 0.25) is 0 Å². The van der Waals surface area contributed by atoms with E-state index >= 15 is 0 Å². The van der Waals surface area contributed by atoms with Gasteiger partial charge in [-0.3, -0.25) is 14.9 Å². The zero-order valence-electron chi connectivity index (χ0n) is 16.4. The first-order chi connectivity index (χ1) is 13.9. The maximum Gasteiger partial charge on any atom is 0.321 e. The molecular formula is C21H25ClN4O3. The number of rotatable bonds is 4. The summed E-state index contributed by atoms with van der Waals surface area (Å²) in [4.78, 5) is 28.3. The molecule has 0 aromatic heterocycles. The highest BCUT2D eigenvalue weighted by Gasteiger charge is 2.31. The maximum absolute atomic E-state index is 12.7. The molecule has 2 unspecified atom stereocenters. The van der Waals surface area contributed by atoms with Crippen LogP contribution in [0.5, 0.6) is 0 Å². The number of benzene rings is 2. The summed E-state index contributed by atoms with van der Waals surface area (Å²) in [6, 6.07) is 14.4. The summed E-state index contributed by atoms with van der Waals surface area (Å²) >= 11 is 5.99. The molecule has 1 aliphatic heterocycles. The van der Waals surface area contributed by atoms with E-state index in [1.165, 1.54) is 0 Å². The van der Waals surface area contributed by atoms with E-state index in [1.54, 1.807) is 35.8 Å². The Labute approximate surface area is 175 Å². The van der Waals surface area contributed by atoms with Gasteiger partial charge in [0.15, 0.2) is 0 Å². The minimum Gasteiger partial charge on any atom is -0.321 e. The standard InChI is InChI=1S/C21H25ClN4O3/c1-14-11-25(21(28)23-19-5-3-4-18(22)10-19)12-15(2)26(14)13-16-6-8-17(9-7-16)20(27)24-29/h3-10,14-15,29H,11-13H2,1-2H3,(H,23,28)(H,24,27). The highest BCUT2D eigenvalue weighted by atomic mass is 35.5. The van der Waals surface area contributed by atoms with E-state index in [-0.39, 0.29) is 18.1 Å². The smallest absolute Gasteiger partial charge is 0.321 e. The van der Waals surface area contributed by atoms with Crippen LogP contribution in [-0.2, 0) is 6.54 Å². The number of nitrogens with one attached hydrogen (secondary N) is 2. The first-order valence-corrected chi connectivity index (χ1v) is 9.85. The van der Waals surface area contributed by atoms with E-state index in [1.807, 2.05) is 23.1 Å². The van der Waals surface area contributed by atoms with E-state index in [0.29, 0.717) is 35.9 Å². The molecule has 0 saturated carbocycles. The van der Waals surface area contributed by atoms with Crippen molar-refractivity contribution < 1.29 is 14.8 Å². The Hall–Kier alpha value is -2.61. The summed E-state index contributed by atoms with van der Waals surface area (Å²) in [5, 5.41) is 12.2. The highest BCUT2D eigenvalue weighted by Crippen LogP contribution is 2.21. The molecule has 1 saturated heterocycles. The lowest BCUT2D eigenvalue weighted by Crippen LogP contribution is -2.58. The summed E-state index contributed by atoms with van der Waals surface area (Å²) in [5.41, 5.74) is 3.78. The summed E-state index contributed by atoms with van der Waals surface area (Å²) in [6.07, 6.45) is 0. The Morgan fingerprint density at radius 1 is 1.10 bits per heavy atom. The van der Waals surface area contributed by atoms with Crippen LogP contribution in [0.4, 0.5) is 10.5 Å². The molecule has 1 heterocycles. The number of piperazine rings is 1. The second-order valence-electron chi connectivity index (χ2n) is 7.35. The molecule has 8 heteroatoms. The van der Waals surface area contributed by atoms with Crippen molar-refractivity contribution in [2.75, 3.05) is 18.4 Å². The second kappa shape index (κ2) is 9.26. The molecule has 3 N–H and O–H groups in total. The van der Waals surface area contributed by atoms with Crippen LogP contribution in [-0.4, -0.2) is 52.1 Å². The molecule has 154 valence electrons. The lowest BCUT2D eigenvalue weighted by atomic mass is 10.1. The first kappa shape index (κ1) is 21.1. The fraction of sp³-hybridized carbons (Fsp3) is 0.333. The third-order valence-corrected chi connectivity index (χ3v) is 5.38. The van der Waals surface area contributed by atoms with Gasteiger partial charge in [0.05, 0.1) is 0 Å². The number of carbonyl (C=O) groups is 2.